The summed E-state index contributed by atoms with van der Waals surface area (Å²) in [5.74, 6) is 6.33. The summed E-state index contributed by atoms with van der Waals surface area (Å²) in [6.07, 6.45) is 0.374. The van der Waals surface area contributed by atoms with Gasteiger partial charge in [0.15, 0.2) is 0 Å². The Morgan fingerprint density at radius 3 is 2.21 bits per heavy atom. The molecule has 53 heavy (non-hydrogen) atoms. The van der Waals surface area contributed by atoms with Crippen molar-refractivity contribution in [3.05, 3.63) is 162 Å². The van der Waals surface area contributed by atoms with E-state index in [0.29, 0.717) is 33.6 Å². The molecule has 0 fully saturated rings. The van der Waals surface area contributed by atoms with E-state index in [2.05, 4.69) is 63.6 Å². The van der Waals surface area contributed by atoms with Crippen molar-refractivity contribution >= 4 is 50.4 Å². The minimum absolute atomic E-state index is 0. The summed E-state index contributed by atoms with van der Waals surface area (Å²) in [4.78, 5) is 9.04. The number of rotatable bonds is 6. The maximum absolute atomic E-state index is 13.2. The summed E-state index contributed by atoms with van der Waals surface area (Å²) in [6.45, 7) is 5.73. The minimum Gasteiger partial charge on any atom is -0.500 e. The third-order valence-electron chi connectivity index (χ3n) is 8.67. The first-order chi connectivity index (χ1) is 26.4. The van der Waals surface area contributed by atoms with E-state index < -0.39 is 31.4 Å². The van der Waals surface area contributed by atoms with Crippen molar-refractivity contribution in [2.24, 2.45) is 5.41 Å². The molecule has 269 valence electrons. The first-order valence-electron chi connectivity index (χ1n) is 19.4. The van der Waals surface area contributed by atoms with Crippen LogP contribution in [0.25, 0.3) is 55.2 Å². The van der Waals surface area contributed by atoms with Gasteiger partial charge in [-0.1, -0.05) is 74.2 Å². The van der Waals surface area contributed by atoms with E-state index in [9.17, 15) is 4.39 Å². The van der Waals surface area contributed by atoms with Gasteiger partial charge in [-0.15, -0.1) is 23.8 Å². The predicted octanol–water partition coefficient (Wildman–Crippen LogP) is 12.0. The molecule has 8 aromatic rings. The smallest absolute Gasteiger partial charge is 0.128 e. The summed E-state index contributed by atoms with van der Waals surface area (Å²) in [6, 6.07) is 41.3. The van der Waals surface area contributed by atoms with Gasteiger partial charge in [-0.2, -0.15) is 0 Å². The zero-order valence-corrected chi connectivity index (χ0v) is 35.1. The summed E-state index contributed by atoms with van der Waals surface area (Å²) in [5.41, 5.74) is 5.82. The minimum atomic E-state index is -2.37. The molecule has 3 heterocycles. The molecule has 0 unspecified atom stereocenters. The number of furan rings is 1. The van der Waals surface area contributed by atoms with Gasteiger partial charge in [0.1, 0.15) is 5.58 Å². The largest absolute Gasteiger partial charge is 0.500 e. The van der Waals surface area contributed by atoms with Gasteiger partial charge in [0.2, 0.25) is 0 Å². The molecule has 0 atom stereocenters. The molecule has 3 aromatic heterocycles. The molecule has 0 aliphatic rings. The quantitative estimate of drug-likeness (QED) is 0.123. The Morgan fingerprint density at radius 2 is 1.47 bits per heavy atom. The third-order valence-corrected chi connectivity index (χ3v) is 12.9. The zero-order chi connectivity index (χ0) is 40.0. The first kappa shape index (κ1) is 33.2. The molecule has 0 spiro atoms. The Kier molecular flexibility index (Phi) is 9.95. The number of aromatic nitrogens is 2. The maximum atomic E-state index is 13.2. The molecule has 0 saturated carbocycles. The molecule has 6 heteroatoms. The van der Waals surface area contributed by atoms with Gasteiger partial charge in [-0.25, -0.2) is 0 Å². The van der Waals surface area contributed by atoms with Crippen LogP contribution in [0.4, 0.5) is 4.39 Å². The number of halogens is 1. The van der Waals surface area contributed by atoms with E-state index in [1.54, 1.807) is 18.3 Å². The van der Waals surface area contributed by atoms with Crippen LogP contribution in [0.2, 0.25) is 17.3 Å². The van der Waals surface area contributed by atoms with Crippen LogP contribution < -0.4 is 4.40 Å². The summed E-state index contributed by atoms with van der Waals surface area (Å²) < 4.78 is 55.2. The Morgan fingerprint density at radius 1 is 0.736 bits per heavy atom. The van der Waals surface area contributed by atoms with Crippen molar-refractivity contribution in [2.45, 2.75) is 50.8 Å². The second-order valence-corrected chi connectivity index (χ2v) is 25.5. The first-order valence-corrected chi connectivity index (χ1v) is 24.8. The van der Waals surface area contributed by atoms with Crippen LogP contribution >= 0.6 is 0 Å². The second-order valence-electron chi connectivity index (χ2n) is 15.0. The van der Waals surface area contributed by atoms with E-state index in [0.717, 1.165) is 42.7 Å². The molecule has 0 bridgehead atoms. The van der Waals surface area contributed by atoms with Crippen molar-refractivity contribution in [2.75, 3.05) is 0 Å². The number of hydrogen-bond donors (Lipinski definition) is 0. The zero-order valence-electron chi connectivity index (χ0n) is 34.6. The molecule has 0 N–H and O–H groups in total. The van der Waals surface area contributed by atoms with E-state index in [1.165, 1.54) is 12.1 Å². The summed E-state index contributed by atoms with van der Waals surface area (Å²) >= 11 is -2.37. The standard InChI is InChI=1S/C26H22NO.C21H21FGeN.Ir/c1-26(2,3)16-17-12-13-27-23(14-17)19-9-11-24-22(15-19)21-10-8-18-6-4-5-7-20(18)25(21)28-24;1-23(2,3)20-15-24-21(17-9-11-19(22)12-10-17)14-18(20)13-16-7-5-4-6-8-16;/h4-8,10-15H,16H2,1-3H3;4-9,11-12,14-15H,13H2,1-3H3;/q2*-1;/i16D2;13D2;. The van der Waals surface area contributed by atoms with Crippen LogP contribution in [-0.2, 0) is 32.9 Å². The van der Waals surface area contributed by atoms with Crippen molar-refractivity contribution in [1.29, 1.82) is 0 Å². The van der Waals surface area contributed by atoms with Crippen LogP contribution in [0.1, 0.15) is 42.9 Å². The molecule has 5 aromatic carbocycles. The maximum Gasteiger partial charge on any atom is 0.128 e. The van der Waals surface area contributed by atoms with Gasteiger partial charge in [0.25, 0.3) is 0 Å². The van der Waals surface area contributed by atoms with E-state index in [1.807, 2.05) is 93.7 Å². The Bertz CT molecular complexity index is 2690. The average molecular weight is 940 g/mol. The summed E-state index contributed by atoms with van der Waals surface area (Å²) in [5, 5.41) is 4.30. The molecule has 0 amide bonds. The molecule has 0 saturated heterocycles. The van der Waals surface area contributed by atoms with Gasteiger partial charge in [-0.05, 0) is 28.9 Å². The Hall–Kier alpha value is -4.42. The van der Waals surface area contributed by atoms with Crippen LogP contribution in [0.3, 0.4) is 0 Å². The van der Waals surface area contributed by atoms with Crippen molar-refractivity contribution in [3.8, 4) is 22.5 Å². The molecule has 8 rings (SSSR count). The fourth-order valence-electron chi connectivity index (χ4n) is 6.23. The normalized spacial score (nSPS) is 13.3. The predicted molar refractivity (Wildman–Crippen MR) is 217 cm³/mol. The van der Waals surface area contributed by atoms with E-state index in [4.69, 9.17) is 9.90 Å². The van der Waals surface area contributed by atoms with Crippen molar-refractivity contribution < 1.29 is 34.4 Å². The second kappa shape index (κ2) is 15.9. The van der Waals surface area contributed by atoms with Crippen LogP contribution in [0.5, 0.6) is 0 Å². The van der Waals surface area contributed by atoms with Gasteiger partial charge < -0.3 is 9.40 Å². The molecule has 0 aliphatic carbocycles. The van der Waals surface area contributed by atoms with Crippen LogP contribution in [-0.4, -0.2) is 23.2 Å². The molecule has 3 nitrogen and oxygen atoms in total. The van der Waals surface area contributed by atoms with E-state index in [-0.39, 0.29) is 25.9 Å². The number of nitrogens with zero attached hydrogens (tertiary/aromatic N) is 2. The van der Waals surface area contributed by atoms with Gasteiger partial charge in [0, 0.05) is 39.8 Å². The molecule has 0 aliphatic heterocycles. The number of fused-ring (bicyclic) bond motifs is 5. The Labute approximate surface area is 334 Å². The molecule has 1 radical (unpaired) electrons. The van der Waals surface area contributed by atoms with Gasteiger partial charge >= 0.3 is 148 Å². The monoisotopic (exact) mass is 941 g/mol. The topological polar surface area (TPSA) is 38.9 Å². The molecular weight excluding hydrogens is 892 g/mol. The van der Waals surface area contributed by atoms with Crippen molar-refractivity contribution in [1.82, 2.24) is 9.97 Å². The van der Waals surface area contributed by atoms with Gasteiger partial charge in [0.05, 0.1) is 5.58 Å². The Balaban J connectivity index is 0.000000192. The fourth-order valence-corrected chi connectivity index (χ4v) is 9.16. The van der Waals surface area contributed by atoms with E-state index >= 15 is 0 Å². The average Bonchev–Trinajstić information content (AvgIpc) is 3.56. The fraction of sp³-hybridized carbons (Fsp3) is 0.191. The third kappa shape index (κ3) is 9.04. The van der Waals surface area contributed by atoms with Crippen LogP contribution in [0.15, 0.2) is 132 Å². The van der Waals surface area contributed by atoms with Gasteiger partial charge in [-0.3, -0.25) is 0 Å². The van der Waals surface area contributed by atoms with Crippen molar-refractivity contribution in [3.63, 3.8) is 0 Å². The number of benzene rings is 5. The SMILES string of the molecule is [2H]C([2H])(c1ccccc1)c1cc(-c2[c-]cc(F)cc2)nc[c]1[Ge]([CH3])([CH3])[CH3].[2H]C([2H])(c1ccnc(-c2[c-]cc3oc4c5ccccc5ccc4c3c2)c1)C(C)(C)C.[Ir]. The number of hydrogen-bond acceptors (Lipinski definition) is 3. The summed E-state index contributed by atoms with van der Waals surface area (Å²) in [7, 11) is 0. The number of pyridine rings is 2. The van der Waals surface area contributed by atoms with Crippen LogP contribution in [0, 0.1) is 23.4 Å². The molecular formula is C47H43FGeIrN2O-2.